The van der Waals surface area contributed by atoms with Crippen molar-refractivity contribution in [3.63, 3.8) is 0 Å². The molecule has 0 unspecified atom stereocenters. The van der Waals surface area contributed by atoms with E-state index in [1.165, 1.54) is 20.1 Å². The normalized spacial score (nSPS) is 12.3. The first-order valence-electron chi connectivity index (χ1n) is 10.9. The third kappa shape index (κ3) is 6.75. The second-order valence-corrected chi connectivity index (χ2v) is 7.90. The molecule has 0 spiro atoms. The van der Waals surface area contributed by atoms with Crippen molar-refractivity contribution in [2.75, 3.05) is 7.11 Å². The van der Waals surface area contributed by atoms with Crippen molar-refractivity contribution in [2.45, 2.75) is 31.8 Å². The van der Waals surface area contributed by atoms with Gasteiger partial charge in [0.05, 0.1) is 7.11 Å². The van der Waals surface area contributed by atoms with E-state index < -0.39 is 35.7 Å². The molecule has 7 heteroatoms. The summed E-state index contributed by atoms with van der Waals surface area (Å²) in [6.07, 6.45) is 0.137. The molecule has 0 heterocycles. The lowest BCUT2D eigenvalue weighted by Crippen LogP contribution is -2.53. The van der Waals surface area contributed by atoms with Gasteiger partial charge in [-0.2, -0.15) is 0 Å². The molecule has 0 aromatic heterocycles. The third-order valence-corrected chi connectivity index (χ3v) is 5.38. The molecule has 2 amide bonds. The lowest BCUT2D eigenvalue weighted by molar-refractivity contribution is -0.145. The summed E-state index contributed by atoms with van der Waals surface area (Å²) in [7, 11) is 1.24. The van der Waals surface area contributed by atoms with Crippen molar-refractivity contribution in [3.05, 3.63) is 95.8 Å². The number of benzene rings is 3. The van der Waals surface area contributed by atoms with Gasteiger partial charge in [0.25, 0.3) is 0 Å². The van der Waals surface area contributed by atoms with Gasteiger partial charge >= 0.3 is 5.97 Å². The summed E-state index contributed by atoms with van der Waals surface area (Å²) < 4.78 is 19.0. The molecule has 0 aliphatic carbocycles. The molecule has 0 saturated heterocycles. The van der Waals surface area contributed by atoms with E-state index in [1.807, 2.05) is 54.6 Å². The molecular formula is C27H27FN2O4. The summed E-state index contributed by atoms with van der Waals surface area (Å²) in [5.41, 5.74) is 3.19. The highest BCUT2D eigenvalue weighted by atomic mass is 19.1. The molecule has 176 valence electrons. The Morgan fingerprint density at radius 2 is 1.41 bits per heavy atom. The van der Waals surface area contributed by atoms with Gasteiger partial charge in [-0.25, -0.2) is 9.18 Å². The van der Waals surface area contributed by atoms with Crippen LogP contribution in [0.4, 0.5) is 4.39 Å². The van der Waals surface area contributed by atoms with Crippen LogP contribution in [0.1, 0.15) is 18.1 Å². The predicted molar refractivity (Wildman–Crippen MR) is 127 cm³/mol. The maximum atomic E-state index is 14.1. The van der Waals surface area contributed by atoms with E-state index in [0.717, 1.165) is 16.7 Å². The molecule has 3 aromatic rings. The summed E-state index contributed by atoms with van der Waals surface area (Å²) in [6, 6.07) is 21.5. The predicted octanol–water partition coefficient (Wildman–Crippen LogP) is 3.44. The second-order valence-electron chi connectivity index (χ2n) is 7.90. The van der Waals surface area contributed by atoms with Crippen molar-refractivity contribution in [1.29, 1.82) is 0 Å². The SMILES string of the molecule is COC(=O)[C@H](Cc1ccc(-c2ccccc2)cc1)NC(=O)[C@@H](Cc1ccccc1F)NC(C)=O. The van der Waals surface area contributed by atoms with E-state index in [1.54, 1.807) is 18.2 Å². The van der Waals surface area contributed by atoms with Crippen LogP contribution in [0.15, 0.2) is 78.9 Å². The molecule has 0 fully saturated rings. The summed E-state index contributed by atoms with van der Waals surface area (Å²) in [4.78, 5) is 37.1. The van der Waals surface area contributed by atoms with Crippen LogP contribution in [-0.4, -0.2) is 37.0 Å². The Bertz CT molecular complexity index is 1130. The van der Waals surface area contributed by atoms with Crippen LogP contribution in [0.25, 0.3) is 11.1 Å². The minimum atomic E-state index is -1.05. The number of ether oxygens (including phenoxy) is 1. The maximum absolute atomic E-state index is 14.1. The molecule has 0 aliphatic heterocycles. The van der Waals surface area contributed by atoms with Gasteiger partial charge in [-0.05, 0) is 28.3 Å². The van der Waals surface area contributed by atoms with Crippen LogP contribution in [-0.2, 0) is 32.0 Å². The highest BCUT2D eigenvalue weighted by Gasteiger charge is 2.28. The molecule has 3 aromatic carbocycles. The highest BCUT2D eigenvalue weighted by Crippen LogP contribution is 2.20. The standard InChI is InChI=1S/C27H27FN2O4/c1-18(31)29-24(17-22-10-6-7-11-23(22)28)26(32)30-25(27(33)34-2)16-19-12-14-21(15-13-19)20-8-4-3-5-9-20/h3-15,24-25H,16-17H2,1-2H3,(H,29,31)(H,30,32)/t24-,25+/m1/s1. The van der Waals surface area contributed by atoms with Gasteiger partial charge in [0.1, 0.15) is 17.9 Å². The monoisotopic (exact) mass is 462 g/mol. The van der Waals surface area contributed by atoms with E-state index in [9.17, 15) is 18.8 Å². The Morgan fingerprint density at radius 1 is 0.794 bits per heavy atom. The molecule has 2 N–H and O–H groups in total. The summed E-state index contributed by atoms with van der Waals surface area (Å²) in [5.74, 6) is -2.14. The van der Waals surface area contributed by atoms with E-state index in [4.69, 9.17) is 4.74 Å². The quantitative estimate of drug-likeness (QED) is 0.477. The Hall–Kier alpha value is -4.00. The number of amides is 2. The van der Waals surface area contributed by atoms with Crippen LogP contribution in [0.3, 0.4) is 0 Å². The van der Waals surface area contributed by atoms with Crippen LogP contribution in [0, 0.1) is 5.82 Å². The number of carbonyl (C=O) groups excluding carboxylic acids is 3. The van der Waals surface area contributed by atoms with Crippen molar-refractivity contribution in [1.82, 2.24) is 10.6 Å². The van der Waals surface area contributed by atoms with Gasteiger partial charge in [-0.3, -0.25) is 9.59 Å². The van der Waals surface area contributed by atoms with Gasteiger partial charge in [0.15, 0.2) is 0 Å². The van der Waals surface area contributed by atoms with Gasteiger partial charge in [0, 0.05) is 19.8 Å². The van der Waals surface area contributed by atoms with Crippen LogP contribution in [0.2, 0.25) is 0 Å². The zero-order valence-electron chi connectivity index (χ0n) is 19.1. The fraction of sp³-hybridized carbons (Fsp3) is 0.222. The third-order valence-electron chi connectivity index (χ3n) is 5.38. The minimum absolute atomic E-state index is 0.0578. The van der Waals surface area contributed by atoms with Crippen LogP contribution in [0.5, 0.6) is 0 Å². The Labute approximate surface area is 198 Å². The van der Waals surface area contributed by atoms with Gasteiger partial charge in [0.2, 0.25) is 11.8 Å². The number of rotatable bonds is 9. The Kier molecular flexibility index (Phi) is 8.51. The molecular weight excluding hydrogens is 435 g/mol. The topological polar surface area (TPSA) is 84.5 Å². The lowest BCUT2D eigenvalue weighted by Gasteiger charge is -2.22. The molecule has 0 bridgehead atoms. The van der Waals surface area contributed by atoms with Crippen LogP contribution >= 0.6 is 0 Å². The number of hydrogen-bond donors (Lipinski definition) is 2. The fourth-order valence-electron chi connectivity index (χ4n) is 3.65. The van der Waals surface area contributed by atoms with Crippen LogP contribution < -0.4 is 10.6 Å². The lowest BCUT2D eigenvalue weighted by atomic mass is 10.00. The number of methoxy groups -OCH3 is 1. The zero-order chi connectivity index (χ0) is 24.5. The fourth-order valence-corrected chi connectivity index (χ4v) is 3.65. The number of carbonyl (C=O) groups is 3. The molecule has 0 aliphatic rings. The molecule has 2 atom stereocenters. The summed E-state index contributed by atoms with van der Waals surface area (Å²) in [6.45, 7) is 1.27. The average Bonchev–Trinajstić information content (AvgIpc) is 2.84. The number of halogens is 1. The zero-order valence-corrected chi connectivity index (χ0v) is 19.1. The summed E-state index contributed by atoms with van der Waals surface area (Å²) in [5, 5.41) is 5.19. The van der Waals surface area contributed by atoms with Crippen molar-refractivity contribution >= 4 is 17.8 Å². The number of hydrogen-bond acceptors (Lipinski definition) is 4. The minimum Gasteiger partial charge on any atom is -0.467 e. The Balaban J connectivity index is 1.74. The van der Waals surface area contributed by atoms with Crippen molar-refractivity contribution in [2.24, 2.45) is 0 Å². The number of nitrogens with one attached hydrogen (secondary N) is 2. The van der Waals surface area contributed by atoms with E-state index in [0.29, 0.717) is 0 Å². The second kappa shape index (κ2) is 11.7. The van der Waals surface area contributed by atoms with Crippen molar-refractivity contribution in [3.8, 4) is 11.1 Å². The molecule has 6 nitrogen and oxygen atoms in total. The van der Waals surface area contributed by atoms with Gasteiger partial charge in [-0.1, -0.05) is 72.8 Å². The summed E-state index contributed by atoms with van der Waals surface area (Å²) >= 11 is 0. The first-order valence-corrected chi connectivity index (χ1v) is 10.9. The molecule has 34 heavy (non-hydrogen) atoms. The highest BCUT2D eigenvalue weighted by molar-refractivity contribution is 5.90. The van der Waals surface area contributed by atoms with E-state index >= 15 is 0 Å². The average molecular weight is 463 g/mol. The molecule has 3 rings (SSSR count). The molecule has 0 radical (unpaired) electrons. The van der Waals surface area contributed by atoms with E-state index in [2.05, 4.69) is 10.6 Å². The first kappa shape index (κ1) is 24.6. The largest absolute Gasteiger partial charge is 0.467 e. The first-order chi connectivity index (χ1) is 16.4. The van der Waals surface area contributed by atoms with E-state index in [-0.39, 0.29) is 18.4 Å². The van der Waals surface area contributed by atoms with Gasteiger partial charge in [-0.15, -0.1) is 0 Å². The smallest absolute Gasteiger partial charge is 0.328 e. The van der Waals surface area contributed by atoms with Gasteiger partial charge < -0.3 is 15.4 Å². The maximum Gasteiger partial charge on any atom is 0.328 e. The molecule has 0 saturated carbocycles. The number of esters is 1. The van der Waals surface area contributed by atoms with Crippen molar-refractivity contribution < 1.29 is 23.5 Å². The Morgan fingerprint density at radius 3 is 2.03 bits per heavy atom.